The maximum absolute atomic E-state index is 12.3. The first-order valence-corrected chi connectivity index (χ1v) is 10.5. The van der Waals surface area contributed by atoms with Crippen LogP contribution in [0.15, 0.2) is 10.5 Å². The van der Waals surface area contributed by atoms with Gasteiger partial charge in [-0.2, -0.15) is 0 Å². The molecule has 2 heterocycles. The number of rotatable bonds is 3. The number of aromatic nitrogens is 1. The lowest BCUT2D eigenvalue weighted by Gasteiger charge is -2.36. The number of carbonyl (C=O) groups is 1. The molecule has 1 spiro atoms. The Balaban J connectivity index is 1.92. The quantitative estimate of drug-likeness (QED) is 0.463. The van der Waals surface area contributed by atoms with Gasteiger partial charge in [0.05, 0.1) is 41.8 Å². The first-order chi connectivity index (χ1) is 12.9. The summed E-state index contributed by atoms with van der Waals surface area (Å²) in [5.41, 5.74) is 3.00. The minimum absolute atomic E-state index is 0.0926. The zero-order chi connectivity index (χ0) is 19.3. The summed E-state index contributed by atoms with van der Waals surface area (Å²) in [7, 11) is 1.96. The number of benzene rings is 1. The smallest absolute Gasteiger partial charge is 0.306 e. The van der Waals surface area contributed by atoms with E-state index in [1.54, 1.807) is 0 Å². The third-order valence-corrected chi connectivity index (χ3v) is 6.78. The summed E-state index contributed by atoms with van der Waals surface area (Å²) in [5, 5.41) is 1.98. The molecule has 4 rings (SSSR count). The highest BCUT2D eigenvalue weighted by molar-refractivity contribution is 9.10. The Kier molecular flexibility index (Phi) is 5.23. The summed E-state index contributed by atoms with van der Waals surface area (Å²) in [5.74, 6) is -1.02. The Labute approximate surface area is 176 Å². The van der Waals surface area contributed by atoms with Gasteiger partial charge in [-0.3, -0.25) is 4.79 Å². The molecule has 146 valence electrons. The predicted octanol–water partition coefficient (Wildman–Crippen LogP) is 4.97. The Morgan fingerprint density at radius 2 is 2.11 bits per heavy atom. The second kappa shape index (κ2) is 7.23. The van der Waals surface area contributed by atoms with Crippen LogP contribution in [0.3, 0.4) is 0 Å². The van der Waals surface area contributed by atoms with Crippen LogP contribution in [0.25, 0.3) is 10.9 Å². The molecular formula is C19H20BrCl2NO4. The van der Waals surface area contributed by atoms with Crippen LogP contribution in [0.5, 0.6) is 0 Å². The van der Waals surface area contributed by atoms with E-state index in [9.17, 15) is 4.79 Å². The molecule has 1 aromatic heterocycles. The molecule has 1 unspecified atom stereocenters. The SMILES string of the molecule is CCOC(=O)CC1CC2(Cc3c1n(C)c1c(Cl)c(Cl)cc(Br)c31)OCCO2. The molecule has 0 N–H and O–H groups in total. The Bertz CT molecular complexity index is 921. The van der Waals surface area contributed by atoms with Crippen molar-refractivity contribution < 1.29 is 19.0 Å². The molecule has 2 aliphatic rings. The zero-order valence-electron chi connectivity index (χ0n) is 15.1. The van der Waals surface area contributed by atoms with E-state index in [2.05, 4.69) is 20.5 Å². The van der Waals surface area contributed by atoms with Crippen molar-refractivity contribution in [2.75, 3.05) is 19.8 Å². The number of esters is 1. The number of nitrogens with zero attached hydrogens (tertiary/aromatic N) is 1. The van der Waals surface area contributed by atoms with Crippen molar-refractivity contribution in [3.63, 3.8) is 0 Å². The van der Waals surface area contributed by atoms with E-state index in [1.165, 1.54) is 0 Å². The van der Waals surface area contributed by atoms with Gasteiger partial charge in [-0.05, 0) is 18.6 Å². The van der Waals surface area contributed by atoms with Gasteiger partial charge in [-0.15, -0.1) is 0 Å². The Morgan fingerprint density at radius 3 is 2.78 bits per heavy atom. The van der Waals surface area contributed by atoms with Crippen LogP contribution in [-0.2, 0) is 32.5 Å². The summed E-state index contributed by atoms with van der Waals surface area (Å²) >= 11 is 16.5. The minimum atomic E-state index is -0.704. The molecule has 1 fully saturated rings. The highest BCUT2D eigenvalue weighted by Gasteiger charge is 2.47. The van der Waals surface area contributed by atoms with Crippen LogP contribution in [0, 0.1) is 0 Å². The first-order valence-electron chi connectivity index (χ1n) is 8.95. The van der Waals surface area contributed by atoms with E-state index in [4.69, 9.17) is 37.4 Å². The zero-order valence-corrected chi connectivity index (χ0v) is 18.2. The Morgan fingerprint density at radius 1 is 1.41 bits per heavy atom. The molecule has 0 amide bonds. The van der Waals surface area contributed by atoms with Crippen molar-refractivity contribution in [3.8, 4) is 0 Å². The summed E-state index contributed by atoms with van der Waals surface area (Å²) in [4.78, 5) is 12.3. The molecule has 1 atom stereocenters. The molecule has 1 aliphatic heterocycles. The number of fused-ring (bicyclic) bond motifs is 3. The highest BCUT2D eigenvalue weighted by atomic mass is 79.9. The molecule has 0 radical (unpaired) electrons. The molecule has 0 saturated carbocycles. The van der Waals surface area contributed by atoms with Gasteiger partial charge in [0, 0.05) is 41.4 Å². The van der Waals surface area contributed by atoms with E-state index in [1.807, 2.05) is 20.0 Å². The fraction of sp³-hybridized carbons (Fsp3) is 0.526. The molecule has 8 heteroatoms. The van der Waals surface area contributed by atoms with Crippen molar-refractivity contribution in [3.05, 3.63) is 31.8 Å². The standard InChI is InChI=1S/C19H20BrCl2NO4/c1-3-25-14(24)6-10-8-19(26-4-5-27-19)9-11-15-12(20)7-13(21)16(22)18(15)23(2)17(10)11/h7,10H,3-6,8-9H2,1-2H3. The van der Waals surface area contributed by atoms with Gasteiger partial charge in [0.25, 0.3) is 0 Å². The maximum Gasteiger partial charge on any atom is 0.306 e. The second-order valence-corrected chi connectivity index (χ2v) is 8.63. The summed E-state index contributed by atoms with van der Waals surface area (Å²) < 4.78 is 20.1. The van der Waals surface area contributed by atoms with Crippen molar-refractivity contribution in [2.24, 2.45) is 7.05 Å². The van der Waals surface area contributed by atoms with E-state index < -0.39 is 5.79 Å². The van der Waals surface area contributed by atoms with Crippen LogP contribution < -0.4 is 0 Å². The molecular weight excluding hydrogens is 457 g/mol. The third-order valence-electron chi connectivity index (χ3n) is 5.38. The predicted molar refractivity (Wildman–Crippen MR) is 108 cm³/mol. The van der Waals surface area contributed by atoms with Crippen molar-refractivity contribution in [2.45, 2.75) is 37.9 Å². The molecule has 2 aromatic rings. The van der Waals surface area contributed by atoms with Gasteiger partial charge in [-0.25, -0.2) is 0 Å². The van der Waals surface area contributed by atoms with Crippen molar-refractivity contribution in [1.82, 2.24) is 4.57 Å². The summed E-state index contributed by atoms with van der Waals surface area (Å²) in [6.07, 6.45) is 1.48. The van der Waals surface area contributed by atoms with Crippen LogP contribution in [0.4, 0.5) is 0 Å². The van der Waals surface area contributed by atoms with Crippen molar-refractivity contribution in [1.29, 1.82) is 0 Å². The number of hydrogen-bond donors (Lipinski definition) is 0. The molecule has 5 nitrogen and oxygen atoms in total. The monoisotopic (exact) mass is 475 g/mol. The largest absolute Gasteiger partial charge is 0.466 e. The minimum Gasteiger partial charge on any atom is -0.466 e. The van der Waals surface area contributed by atoms with E-state index in [0.717, 1.165) is 26.6 Å². The van der Waals surface area contributed by atoms with Crippen LogP contribution in [0.1, 0.15) is 36.9 Å². The van der Waals surface area contributed by atoms with Gasteiger partial charge in [0.15, 0.2) is 5.79 Å². The normalized spacial score (nSPS) is 21.0. The summed E-state index contributed by atoms with van der Waals surface area (Å²) in [6.45, 7) is 3.28. The lowest BCUT2D eigenvalue weighted by atomic mass is 9.80. The lowest BCUT2D eigenvalue weighted by molar-refractivity contribution is -0.170. The fourth-order valence-electron chi connectivity index (χ4n) is 4.46. The first kappa shape index (κ1) is 19.5. The molecule has 1 aromatic carbocycles. The van der Waals surface area contributed by atoms with Crippen LogP contribution in [-0.4, -0.2) is 36.1 Å². The number of hydrogen-bond acceptors (Lipinski definition) is 4. The lowest BCUT2D eigenvalue weighted by Crippen LogP contribution is -2.39. The van der Waals surface area contributed by atoms with Gasteiger partial charge in [0.1, 0.15) is 0 Å². The molecule has 27 heavy (non-hydrogen) atoms. The number of carbonyl (C=O) groups excluding carboxylic acids is 1. The molecule has 1 aliphatic carbocycles. The average molecular weight is 477 g/mol. The van der Waals surface area contributed by atoms with Gasteiger partial charge in [-0.1, -0.05) is 39.1 Å². The van der Waals surface area contributed by atoms with E-state index >= 15 is 0 Å². The van der Waals surface area contributed by atoms with Crippen molar-refractivity contribution >= 4 is 56.0 Å². The van der Waals surface area contributed by atoms with E-state index in [-0.39, 0.29) is 18.3 Å². The van der Waals surface area contributed by atoms with Gasteiger partial charge in [0.2, 0.25) is 0 Å². The van der Waals surface area contributed by atoms with Crippen LogP contribution >= 0.6 is 39.1 Å². The Hall–Kier alpha value is -0.790. The maximum atomic E-state index is 12.3. The van der Waals surface area contributed by atoms with E-state index in [0.29, 0.717) is 42.7 Å². The number of halogens is 3. The van der Waals surface area contributed by atoms with Crippen LogP contribution in [0.2, 0.25) is 10.0 Å². The van der Waals surface area contributed by atoms with Gasteiger partial charge < -0.3 is 18.8 Å². The topological polar surface area (TPSA) is 49.7 Å². The average Bonchev–Trinajstić information content (AvgIpc) is 3.16. The third kappa shape index (κ3) is 3.19. The number of aryl methyl sites for hydroxylation is 1. The molecule has 1 saturated heterocycles. The second-order valence-electron chi connectivity index (χ2n) is 7.00. The summed E-state index contributed by atoms with van der Waals surface area (Å²) in [6, 6.07) is 1.81. The fourth-order valence-corrected chi connectivity index (χ4v) is 5.72. The van der Waals surface area contributed by atoms with Gasteiger partial charge >= 0.3 is 5.97 Å². The number of ether oxygens (including phenoxy) is 3. The highest BCUT2D eigenvalue weighted by Crippen LogP contribution is 2.50. The molecule has 0 bridgehead atoms.